The minimum Gasteiger partial charge on any atom is -0.381 e. The molecule has 2 saturated heterocycles. The first-order valence-electron chi connectivity index (χ1n) is 13.1. The van der Waals surface area contributed by atoms with Crippen LogP contribution in [0.3, 0.4) is 0 Å². The number of ketones is 1. The molecule has 2 aromatic heterocycles. The Morgan fingerprint density at radius 2 is 1.92 bits per heavy atom. The number of amides is 1. The number of anilines is 1. The number of Topliss-reactive ketones (excluding diaryl/α,β-unsaturated/α-hetero) is 1. The Labute approximate surface area is 211 Å². The van der Waals surface area contributed by atoms with Gasteiger partial charge in [-0.2, -0.15) is 5.10 Å². The van der Waals surface area contributed by atoms with E-state index >= 15 is 0 Å². The van der Waals surface area contributed by atoms with Gasteiger partial charge >= 0.3 is 0 Å². The lowest BCUT2D eigenvalue weighted by molar-refractivity contribution is -0.129. The van der Waals surface area contributed by atoms with Crippen molar-refractivity contribution in [1.82, 2.24) is 19.7 Å². The van der Waals surface area contributed by atoms with Crippen LogP contribution < -0.4 is 4.90 Å². The van der Waals surface area contributed by atoms with Gasteiger partial charge in [0.05, 0.1) is 11.7 Å². The molecule has 188 valence electrons. The van der Waals surface area contributed by atoms with Gasteiger partial charge in [0.15, 0.2) is 0 Å². The maximum absolute atomic E-state index is 12.3. The number of carbonyl (C=O) groups is 2. The van der Waals surface area contributed by atoms with Gasteiger partial charge in [0, 0.05) is 87.1 Å². The smallest absolute Gasteiger partial charge is 0.219 e. The van der Waals surface area contributed by atoms with Crippen LogP contribution in [-0.2, 0) is 27.3 Å². The Morgan fingerprint density at radius 1 is 1.08 bits per heavy atom. The third-order valence-electron chi connectivity index (χ3n) is 8.16. The number of carbonyl (C=O) groups excluding carboxylic acids is 2. The maximum atomic E-state index is 12.3. The summed E-state index contributed by atoms with van der Waals surface area (Å²) in [6, 6.07) is 8.77. The standard InChI is InChI=1S/C28H33N5O3/c1-18(34)21-6-10-32(16-21)27-14-20-4-3-5-23(24(20)15-29-27)28-25-17-31(19(2)35)11-7-26(25)33(30-28)22-8-12-36-13-9-22/h3-5,14-15,21-22H,6-13,16-17H2,1-2H3/t21-/m1/s1. The highest BCUT2D eigenvalue weighted by Gasteiger charge is 2.31. The average Bonchev–Trinajstić information content (AvgIpc) is 3.54. The lowest BCUT2D eigenvalue weighted by Gasteiger charge is -2.29. The first-order valence-corrected chi connectivity index (χ1v) is 13.1. The van der Waals surface area contributed by atoms with E-state index in [1.54, 1.807) is 13.8 Å². The Bertz CT molecular complexity index is 1330. The number of pyridine rings is 1. The zero-order valence-corrected chi connectivity index (χ0v) is 21.1. The van der Waals surface area contributed by atoms with Gasteiger partial charge in [0.1, 0.15) is 11.6 Å². The summed E-state index contributed by atoms with van der Waals surface area (Å²) in [5.74, 6) is 1.37. The number of nitrogens with zero attached hydrogens (tertiary/aromatic N) is 5. The molecule has 0 bridgehead atoms. The van der Waals surface area contributed by atoms with Gasteiger partial charge in [-0.1, -0.05) is 18.2 Å². The molecule has 1 amide bonds. The summed E-state index contributed by atoms with van der Waals surface area (Å²) < 4.78 is 7.84. The fourth-order valence-corrected chi connectivity index (χ4v) is 6.00. The molecule has 1 atom stereocenters. The minimum absolute atomic E-state index is 0.0960. The monoisotopic (exact) mass is 487 g/mol. The predicted molar refractivity (Wildman–Crippen MR) is 138 cm³/mol. The number of aromatic nitrogens is 3. The van der Waals surface area contributed by atoms with Gasteiger partial charge in [-0.15, -0.1) is 0 Å². The van der Waals surface area contributed by atoms with Crippen molar-refractivity contribution in [3.05, 3.63) is 41.7 Å². The SMILES string of the molecule is CC(=O)[C@@H]1CCN(c2cc3cccc(-c4nn(C5CCOCC5)c5c4CN(C(C)=O)CC5)c3cn2)C1. The summed E-state index contributed by atoms with van der Waals surface area (Å²) in [5.41, 5.74) is 4.43. The third kappa shape index (κ3) is 4.07. The van der Waals surface area contributed by atoms with Crippen LogP contribution >= 0.6 is 0 Å². The third-order valence-corrected chi connectivity index (χ3v) is 8.16. The topological polar surface area (TPSA) is 80.6 Å². The summed E-state index contributed by atoms with van der Waals surface area (Å²) in [7, 11) is 0. The second-order valence-electron chi connectivity index (χ2n) is 10.4. The Morgan fingerprint density at radius 3 is 2.67 bits per heavy atom. The summed E-state index contributed by atoms with van der Waals surface area (Å²) in [5, 5.41) is 7.37. The first-order chi connectivity index (χ1) is 17.5. The highest BCUT2D eigenvalue weighted by Crippen LogP contribution is 2.37. The van der Waals surface area contributed by atoms with E-state index < -0.39 is 0 Å². The molecule has 0 unspecified atom stereocenters. The van der Waals surface area contributed by atoms with Crippen molar-refractivity contribution in [3.8, 4) is 11.3 Å². The number of rotatable bonds is 4. The lowest BCUT2D eigenvalue weighted by Crippen LogP contribution is -2.35. The summed E-state index contributed by atoms with van der Waals surface area (Å²) in [4.78, 5) is 33.1. The highest BCUT2D eigenvalue weighted by molar-refractivity contribution is 5.97. The maximum Gasteiger partial charge on any atom is 0.219 e. The van der Waals surface area contributed by atoms with E-state index in [9.17, 15) is 9.59 Å². The zero-order valence-electron chi connectivity index (χ0n) is 21.1. The van der Waals surface area contributed by atoms with Crippen LogP contribution in [0.5, 0.6) is 0 Å². The van der Waals surface area contributed by atoms with Gasteiger partial charge < -0.3 is 14.5 Å². The van der Waals surface area contributed by atoms with Crippen LogP contribution in [0.2, 0.25) is 0 Å². The van der Waals surface area contributed by atoms with Crippen molar-refractivity contribution in [1.29, 1.82) is 0 Å². The van der Waals surface area contributed by atoms with Crippen molar-refractivity contribution >= 4 is 28.3 Å². The Hall–Kier alpha value is -3.26. The van der Waals surface area contributed by atoms with Crippen molar-refractivity contribution in [3.63, 3.8) is 0 Å². The van der Waals surface area contributed by atoms with Crippen LogP contribution in [0.15, 0.2) is 30.5 Å². The number of fused-ring (bicyclic) bond motifs is 2. The molecular weight excluding hydrogens is 454 g/mol. The number of benzene rings is 1. The molecular formula is C28H33N5O3. The molecule has 1 aromatic carbocycles. The van der Waals surface area contributed by atoms with E-state index in [1.807, 2.05) is 11.1 Å². The van der Waals surface area contributed by atoms with E-state index in [-0.39, 0.29) is 17.6 Å². The molecule has 2 fully saturated rings. The fraction of sp³-hybridized carbons (Fsp3) is 0.500. The number of hydrogen-bond acceptors (Lipinski definition) is 6. The van der Waals surface area contributed by atoms with Gasteiger partial charge in [-0.05, 0) is 37.6 Å². The molecule has 3 aliphatic heterocycles. The van der Waals surface area contributed by atoms with Gasteiger partial charge in [-0.3, -0.25) is 14.3 Å². The molecule has 3 aromatic rings. The predicted octanol–water partition coefficient (Wildman–Crippen LogP) is 3.77. The molecule has 8 nitrogen and oxygen atoms in total. The van der Waals surface area contributed by atoms with Crippen molar-refractivity contribution in [2.75, 3.05) is 37.7 Å². The minimum atomic E-state index is 0.0960. The second kappa shape index (κ2) is 9.32. The summed E-state index contributed by atoms with van der Waals surface area (Å²) >= 11 is 0. The van der Waals surface area contributed by atoms with E-state index in [4.69, 9.17) is 14.8 Å². The largest absolute Gasteiger partial charge is 0.381 e. The Balaban J connectivity index is 1.41. The van der Waals surface area contributed by atoms with E-state index in [1.165, 1.54) is 5.69 Å². The van der Waals surface area contributed by atoms with E-state index in [0.29, 0.717) is 12.6 Å². The number of ether oxygens (including phenoxy) is 1. The highest BCUT2D eigenvalue weighted by atomic mass is 16.5. The molecule has 5 heterocycles. The Kier molecular flexibility index (Phi) is 5.99. The van der Waals surface area contributed by atoms with Gasteiger partial charge in [0.2, 0.25) is 5.91 Å². The fourth-order valence-electron chi connectivity index (χ4n) is 6.00. The second-order valence-corrected chi connectivity index (χ2v) is 10.4. The van der Waals surface area contributed by atoms with Crippen LogP contribution in [0, 0.1) is 5.92 Å². The molecule has 0 radical (unpaired) electrons. The quantitative estimate of drug-likeness (QED) is 0.557. The van der Waals surface area contributed by atoms with Crippen molar-refractivity contribution < 1.29 is 14.3 Å². The van der Waals surface area contributed by atoms with Crippen LogP contribution in [-0.4, -0.2) is 64.2 Å². The van der Waals surface area contributed by atoms with E-state index in [0.717, 1.165) is 91.9 Å². The van der Waals surface area contributed by atoms with Crippen LogP contribution in [0.4, 0.5) is 5.82 Å². The van der Waals surface area contributed by atoms with Crippen LogP contribution in [0.1, 0.15) is 50.4 Å². The lowest BCUT2D eigenvalue weighted by atomic mass is 9.97. The first kappa shape index (κ1) is 23.2. The van der Waals surface area contributed by atoms with Crippen LogP contribution in [0.25, 0.3) is 22.0 Å². The molecule has 0 spiro atoms. The molecule has 6 rings (SSSR count). The summed E-state index contributed by atoms with van der Waals surface area (Å²) in [6.07, 6.45) is 5.58. The average molecular weight is 488 g/mol. The molecule has 0 saturated carbocycles. The van der Waals surface area contributed by atoms with Crippen molar-refractivity contribution in [2.24, 2.45) is 5.92 Å². The van der Waals surface area contributed by atoms with Gasteiger partial charge in [0.25, 0.3) is 0 Å². The molecule has 36 heavy (non-hydrogen) atoms. The van der Waals surface area contributed by atoms with Gasteiger partial charge in [-0.25, -0.2) is 4.98 Å². The molecule has 0 N–H and O–H groups in total. The van der Waals surface area contributed by atoms with Crippen molar-refractivity contribution in [2.45, 2.75) is 52.1 Å². The number of hydrogen-bond donors (Lipinski definition) is 0. The molecule has 0 aliphatic carbocycles. The normalized spacial score (nSPS) is 20.7. The zero-order chi connectivity index (χ0) is 24.8. The molecule has 8 heteroatoms. The summed E-state index contributed by atoms with van der Waals surface area (Å²) in [6.45, 7) is 7.75. The van der Waals surface area contributed by atoms with E-state index in [2.05, 4.69) is 33.8 Å². The molecule has 3 aliphatic rings.